The Labute approximate surface area is 115 Å². The van der Waals surface area contributed by atoms with E-state index in [4.69, 9.17) is 0 Å². The number of fused-ring (bicyclic) bond motifs is 1. The van der Waals surface area contributed by atoms with Gasteiger partial charge in [-0.05, 0) is 30.4 Å². The molecule has 0 bridgehead atoms. The second-order valence-corrected chi connectivity index (χ2v) is 5.99. The second kappa shape index (κ2) is 5.33. The standard InChI is InChI=1S/C16H23N3/c1-12(2)15-11-19-10-13(7-8-16(19)18-15)9-17-14-5-3-4-6-14/h7-8,10-12,14,17H,3-6,9H2,1-2H3. The van der Waals surface area contributed by atoms with Crippen LogP contribution in [0.4, 0.5) is 0 Å². The van der Waals surface area contributed by atoms with Crippen molar-refractivity contribution in [3.05, 3.63) is 35.8 Å². The fraction of sp³-hybridized carbons (Fsp3) is 0.562. The fourth-order valence-corrected chi connectivity index (χ4v) is 2.83. The molecule has 0 saturated heterocycles. The van der Waals surface area contributed by atoms with Crippen LogP contribution in [-0.4, -0.2) is 15.4 Å². The van der Waals surface area contributed by atoms with Crippen molar-refractivity contribution < 1.29 is 0 Å². The maximum atomic E-state index is 4.63. The molecule has 1 N–H and O–H groups in total. The van der Waals surface area contributed by atoms with Gasteiger partial charge in [0, 0.05) is 25.0 Å². The highest BCUT2D eigenvalue weighted by Gasteiger charge is 2.14. The Morgan fingerprint density at radius 3 is 2.79 bits per heavy atom. The molecule has 3 heteroatoms. The molecule has 1 aliphatic rings. The van der Waals surface area contributed by atoms with E-state index in [0.29, 0.717) is 5.92 Å². The molecule has 1 saturated carbocycles. The van der Waals surface area contributed by atoms with Crippen molar-refractivity contribution in [2.75, 3.05) is 0 Å². The predicted octanol–water partition coefficient (Wildman–Crippen LogP) is 3.49. The van der Waals surface area contributed by atoms with E-state index >= 15 is 0 Å². The molecule has 1 aliphatic carbocycles. The van der Waals surface area contributed by atoms with Crippen molar-refractivity contribution in [3.8, 4) is 0 Å². The average Bonchev–Trinajstić information content (AvgIpc) is 3.04. The van der Waals surface area contributed by atoms with Gasteiger partial charge in [0.1, 0.15) is 5.65 Å². The Bertz CT molecular complexity index is 550. The Morgan fingerprint density at radius 1 is 1.26 bits per heavy atom. The van der Waals surface area contributed by atoms with Gasteiger partial charge < -0.3 is 9.72 Å². The first kappa shape index (κ1) is 12.7. The first-order valence-corrected chi connectivity index (χ1v) is 7.43. The number of hydrogen-bond donors (Lipinski definition) is 1. The smallest absolute Gasteiger partial charge is 0.137 e. The molecule has 0 unspecified atom stereocenters. The van der Waals surface area contributed by atoms with E-state index in [1.165, 1.54) is 36.9 Å². The molecular formula is C16H23N3. The molecule has 0 radical (unpaired) electrons. The summed E-state index contributed by atoms with van der Waals surface area (Å²) in [5, 5.41) is 3.66. The van der Waals surface area contributed by atoms with E-state index in [1.54, 1.807) is 0 Å². The molecule has 3 rings (SSSR count). The lowest BCUT2D eigenvalue weighted by atomic mass is 10.2. The van der Waals surface area contributed by atoms with E-state index in [-0.39, 0.29) is 0 Å². The normalized spacial score (nSPS) is 16.8. The van der Waals surface area contributed by atoms with E-state index in [9.17, 15) is 0 Å². The summed E-state index contributed by atoms with van der Waals surface area (Å²) in [6.45, 7) is 5.34. The Morgan fingerprint density at radius 2 is 2.05 bits per heavy atom. The van der Waals surface area contributed by atoms with E-state index < -0.39 is 0 Å². The van der Waals surface area contributed by atoms with Crippen LogP contribution in [0.2, 0.25) is 0 Å². The van der Waals surface area contributed by atoms with Crippen molar-refractivity contribution >= 4 is 5.65 Å². The average molecular weight is 257 g/mol. The van der Waals surface area contributed by atoms with Crippen molar-refractivity contribution in [1.82, 2.24) is 14.7 Å². The van der Waals surface area contributed by atoms with Crippen LogP contribution in [0.3, 0.4) is 0 Å². The van der Waals surface area contributed by atoms with Crippen LogP contribution in [0.5, 0.6) is 0 Å². The number of nitrogens with one attached hydrogen (secondary N) is 1. The van der Waals surface area contributed by atoms with Crippen molar-refractivity contribution in [2.24, 2.45) is 0 Å². The molecule has 1 fully saturated rings. The van der Waals surface area contributed by atoms with Crippen LogP contribution < -0.4 is 5.32 Å². The van der Waals surface area contributed by atoms with Gasteiger partial charge in [-0.3, -0.25) is 0 Å². The zero-order valence-electron chi connectivity index (χ0n) is 11.9. The molecule has 102 valence electrons. The number of aromatic nitrogens is 2. The van der Waals surface area contributed by atoms with Gasteiger partial charge in [-0.2, -0.15) is 0 Å². The third-order valence-corrected chi connectivity index (χ3v) is 4.07. The minimum Gasteiger partial charge on any atom is -0.310 e. The van der Waals surface area contributed by atoms with E-state index in [1.807, 2.05) is 0 Å². The topological polar surface area (TPSA) is 29.3 Å². The third-order valence-electron chi connectivity index (χ3n) is 4.07. The Kier molecular flexibility index (Phi) is 3.56. The lowest BCUT2D eigenvalue weighted by Gasteiger charge is -2.11. The largest absolute Gasteiger partial charge is 0.310 e. The second-order valence-electron chi connectivity index (χ2n) is 5.99. The molecule has 3 nitrogen and oxygen atoms in total. The zero-order chi connectivity index (χ0) is 13.2. The van der Waals surface area contributed by atoms with Crippen LogP contribution >= 0.6 is 0 Å². The maximum Gasteiger partial charge on any atom is 0.137 e. The molecule has 2 aromatic heterocycles. The van der Waals surface area contributed by atoms with Crippen molar-refractivity contribution in [1.29, 1.82) is 0 Å². The number of pyridine rings is 1. The highest BCUT2D eigenvalue weighted by molar-refractivity contribution is 5.41. The number of nitrogens with zero attached hydrogens (tertiary/aromatic N) is 2. The van der Waals surface area contributed by atoms with Gasteiger partial charge in [0.2, 0.25) is 0 Å². The maximum absolute atomic E-state index is 4.63. The lowest BCUT2D eigenvalue weighted by Crippen LogP contribution is -2.25. The summed E-state index contributed by atoms with van der Waals surface area (Å²) in [7, 11) is 0. The molecule has 0 spiro atoms. The van der Waals surface area contributed by atoms with Crippen LogP contribution in [-0.2, 0) is 6.54 Å². The minimum absolute atomic E-state index is 0.486. The Balaban J connectivity index is 1.73. The van der Waals surface area contributed by atoms with Crippen molar-refractivity contribution in [3.63, 3.8) is 0 Å². The Hall–Kier alpha value is -1.35. The molecule has 0 amide bonds. The third kappa shape index (κ3) is 2.81. The minimum atomic E-state index is 0.486. The van der Waals surface area contributed by atoms with E-state index in [0.717, 1.165) is 18.2 Å². The summed E-state index contributed by atoms with van der Waals surface area (Å²) < 4.78 is 2.15. The van der Waals surface area contributed by atoms with Gasteiger partial charge >= 0.3 is 0 Å². The predicted molar refractivity (Wildman–Crippen MR) is 78.4 cm³/mol. The number of imidazole rings is 1. The summed E-state index contributed by atoms with van der Waals surface area (Å²) in [6, 6.07) is 5.04. The summed E-state index contributed by atoms with van der Waals surface area (Å²) in [5.74, 6) is 0.486. The fourth-order valence-electron chi connectivity index (χ4n) is 2.83. The molecule has 19 heavy (non-hydrogen) atoms. The van der Waals surface area contributed by atoms with E-state index in [2.05, 4.69) is 53.1 Å². The van der Waals surface area contributed by atoms with Gasteiger partial charge in [-0.1, -0.05) is 32.8 Å². The highest BCUT2D eigenvalue weighted by atomic mass is 15.0. The molecular weight excluding hydrogens is 234 g/mol. The molecule has 0 aliphatic heterocycles. The summed E-state index contributed by atoms with van der Waals surface area (Å²) in [5.41, 5.74) is 3.56. The van der Waals surface area contributed by atoms with Crippen LogP contribution in [0.15, 0.2) is 24.5 Å². The summed E-state index contributed by atoms with van der Waals surface area (Å²) in [4.78, 5) is 4.63. The number of hydrogen-bond acceptors (Lipinski definition) is 2. The summed E-state index contributed by atoms with van der Waals surface area (Å²) in [6.07, 6.45) is 9.80. The molecule has 2 heterocycles. The van der Waals surface area contributed by atoms with Crippen molar-refractivity contribution in [2.45, 2.75) is 58.0 Å². The quantitative estimate of drug-likeness (QED) is 0.908. The zero-order valence-corrected chi connectivity index (χ0v) is 11.9. The van der Waals surface area contributed by atoms with Crippen LogP contribution in [0.25, 0.3) is 5.65 Å². The number of rotatable bonds is 4. The molecule has 0 aromatic carbocycles. The highest BCUT2D eigenvalue weighted by Crippen LogP contribution is 2.19. The monoisotopic (exact) mass is 257 g/mol. The lowest BCUT2D eigenvalue weighted by molar-refractivity contribution is 0.523. The molecule has 2 aromatic rings. The van der Waals surface area contributed by atoms with Gasteiger partial charge in [0.05, 0.1) is 5.69 Å². The van der Waals surface area contributed by atoms with Gasteiger partial charge in [-0.15, -0.1) is 0 Å². The van der Waals surface area contributed by atoms with Gasteiger partial charge in [0.25, 0.3) is 0 Å². The van der Waals surface area contributed by atoms with Crippen LogP contribution in [0, 0.1) is 0 Å². The SMILES string of the molecule is CC(C)c1cn2cc(CNC3CCCC3)ccc2n1. The summed E-state index contributed by atoms with van der Waals surface area (Å²) >= 11 is 0. The first-order valence-electron chi connectivity index (χ1n) is 7.43. The van der Waals surface area contributed by atoms with Gasteiger partial charge in [-0.25, -0.2) is 4.98 Å². The van der Waals surface area contributed by atoms with Crippen LogP contribution in [0.1, 0.15) is 56.7 Å². The molecule has 0 atom stereocenters. The van der Waals surface area contributed by atoms with Gasteiger partial charge in [0.15, 0.2) is 0 Å². The first-order chi connectivity index (χ1) is 9.22.